The highest BCUT2D eigenvalue weighted by Gasteiger charge is 2.35. The van der Waals surface area contributed by atoms with E-state index in [9.17, 15) is 0 Å². The molecule has 0 saturated carbocycles. The van der Waals surface area contributed by atoms with Crippen LogP contribution in [-0.4, -0.2) is 13.6 Å². The molecular formula is C20H25N. The molecule has 1 heteroatoms. The van der Waals surface area contributed by atoms with E-state index in [1.165, 1.54) is 30.4 Å². The fourth-order valence-electron chi connectivity index (χ4n) is 3.99. The molecule has 0 amide bonds. The predicted octanol–water partition coefficient (Wildman–Crippen LogP) is 4.03. The number of nitrogens with one attached hydrogen (secondary N) is 1. The predicted molar refractivity (Wildman–Crippen MR) is 89.9 cm³/mol. The molecule has 1 aliphatic rings. The van der Waals surface area contributed by atoms with Crippen LogP contribution in [-0.2, 0) is 18.3 Å². The molecule has 1 atom stereocenters. The van der Waals surface area contributed by atoms with Crippen LogP contribution in [0.5, 0.6) is 0 Å². The summed E-state index contributed by atoms with van der Waals surface area (Å²) in [6.07, 6.45) is 4.94. The zero-order chi connectivity index (χ0) is 14.7. The Kier molecular flexibility index (Phi) is 4.12. The quantitative estimate of drug-likeness (QED) is 0.891. The van der Waals surface area contributed by atoms with Crippen LogP contribution >= 0.6 is 0 Å². The van der Waals surface area contributed by atoms with Crippen molar-refractivity contribution in [2.24, 2.45) is 0 Å². The Balaban J connectivity index is 2.01. The summed E-state index contributed by atoms with van der Waals surface area (Å²) in [4.78, 5) is 0. The van der Waals surface area contributed by atoms with Crippen molar-refractivity contribution in [2.75, 3.05) is 13.6 Å². The third-order valence-corrected chi connectivity index (χ3v) is 4.83. The Morgan fingerprint density at radius 2 is 1.95 bits per heavy atom. The lowest BCUT2D eigenvalue weighted by atomic mass is 9.66. The molecule has 110 valence electrons. The third-order valence-electron chi connectivity index (χ3n) is 4.83. The second-order valence-electron chi connectivity index (χ2n) is 6.49. The van der Waals surface area contributed by atoms with Crippen LogP contribution in [0, 0.1) is 6.92 Å². The fourth-order valence-corrected chi connectivity index (χ4v) is 3.99. The second-order valence-corrected chi connectivity index (χ2v) is 6.49. The highest BCUT2D eigenvalue weighted by molar-refractivity contribution is 5.39. The summed E-state index contributed by atoms with van der Waals surface area (Å²) in [5.74, 6) is 0. The standard InChI is InChI=1S/C20H25N/c1-16-7-5-8-17(13-16)14-20(15-21-2)12-6-10-18-9-3-4-11-19(18)20/h3-5,7-9,11,13,21H,6,10,12,14-15H2,1-2H3. The third kappa shape index (κ3) is 2.89. The lowest BCUT2D eigenvalue weighted by Crippen LogP contribution is -2.41. The van der Waals surface area contributed by atoms with E-state index < -0.39 is 0 Å². The van der Waals surface area contributed by atoms with Crippen LogP contribution < -0.4 is 5.32 Å². The first-order valence-corrected chi connectivity index (χ1v) is 8.02. The monoisotopic (exact) mass is 279 g/mol. The van der Waals surface area contributed by atoms with Gasteiger partial charge < -0.3 is 5.32 Å². The first kappa shape index (κ1) is 14.3. The Morgan fingerprint density at radius 1 is 1.10 bits per heavy atom. The highest BCUT2D eigenvalue weighted by atomic mass is 14.8. The zero-order valence-electron chi connectivity index (χ0n) is 13.2. The summed E-state index contributed by atoms with van der Waals surface area (Å²) in [5.41, 5.74) is 6.18. The van der Waals surface area contributed by atoms with Gasteiger partial charge in [0.15, 0.2) is 0 Å². The maximum Gasteiger partial charge on any atom is 0.0121 e. The number of likely N-dealkylation sites (N-methyl/N-ethyl adjacent to an activating group) is 1. The van der Waals surface area contributed by atoms with Crippen molar-refractivity contribution in [1.82, 2.24) is 5.32 Å². The summed E-state index contributed by atoms with van der Waals surface area (Å²) in [6, 6.07) is 18.0. The Bertz CT molecular complexity index is 617. The molecule has 0 fully saturated rings. The lowest BCUT2D eigenvalue weighted by molar-refractivity contribution is 0.345. The molecule has 1 N–H and O–H groups in total. The van der Waals surface area contributed by atoms with Crippen LogP contribution in [0.2, 0.25) is 0 Å². The Labute approximate surface area is 128 Å². The molecule has 2 aromatic carbocycles. The van der Waals surface area contributed by atoms with Gasteiger partial charge in [-0.15, -0.1) is 0 Å². The molecule has 0 aromatic heterocycles. The Morgan fingerprint density at radius 3 is 2.76 bits per heavy atom. The highest BCUT2D eigenvalue weighted by Crippen LogP contribution is 2.39. The molecule has 21 heavy (non-hydrogen) atoms. The zero-order valence-corrected chi connectivity index (χ0v) is 13.2. The van der Waals surface area contributed by atoms with Gasteiger partial charge in [0.05, 0.1) is 0 Å². The molecular weight excluding hydrogens is 254 g/mol. The van der Waals surface area contributed by atoms with Crippen LogP contribution in [0.15, 0.2) is 48.5 Å². The van der Waals surface area contributed by atoms with Crippen molar-refractivity contribution in [1.29, 1.82) is 0 Å². The van der Waals surface area contributed by atoms with E-state index in [1.54, 1.807) is 11.1 Å². The molecule has 0 aliphatic heterocycles. The minimum absolute atomic E-state index is 0.247. The molecule has 1 nitrogen and oxygen atoms in total. The van der Waals surface area contributed by atoms with Gasteiger partial charge in [0, 0.05) is 12.0 Å². The first-order valence-electron chi connectivity index (χ1n) is 8.02. The van der Waals surface area contributed by atoms with Gasteiger partial charge in [-0.1, -0.05) is 54.1 Å². The van der Waals surface area contributed by atoms with Crippen molar-refractivity contribution < 1.29 is 0 Å². The summed E-state index contributed by atoms with van der Waals surface area (Å²) < 4.78 is 0. The molecule has 0 bridgehead atoms. The van der Waals surface area contributed by atoms with Gasteiger partial charge in [0.2, 0.25) is 0 Å². The molecule has 0 heterocycles. The van der Waals surface area contributed by atoms with Gasteiger partial charge in [-0.25, -0.2) is 0 Å². The maximum absolute atomic E-state index is 3.45. The lowest BCUT2D eigenvalue weighted by Gasteiger charge is -2.39. The van der Waals surface area contributed by atoms with Crippen molar-refractivity contribution in [3.63, 3.8) is 0 Å². The van der Waals surface area contributed by atoms with Crippen molar-refractivity contribution >= 4 is 0 Å². The van der Waals surface area contributed by atoms with E-state index >= 15 is 0 Å². The average Bonchev–Trinajstić information content (AvgIpc) is 2.48. The number of hydrogen-bond acceptors (Lipinski definition) is 1. The van der Waals surface area contributed by atoms with E-state index in [-0.39, 0.29) is 5.41 Å². The number of benzene rings is 2. The summed E-state index contributed by atoms with van der Waals surface area (Å²) in [7, 11) is 2.08. The van der Waals surface area contributed by atoms with Gasteiger partial charge in [-0.05, 0) is 56.3 Å². The maximum atomic E-state index is 3.45. The molecule has 3 rings (SSSR count). The smallest absolute Gasteiger partial charge is 0.0121 e. The van der Waals surface area contributed by atoms with E-state index in [1.807, 2.05) is 0 Å². The fraction of sp³-hybridized carbons (Fsp3) is 0.400. The minimum atomic E-state index is 0.247. The number of fused-ring (bicyclic) bond motifs is 1. The van der Waals surface area contributed by atoms with Gasteiger partial charge >= 0.3 is 0 Å². The summed E-state index contributed by atoms with van der Waals surface area (Å²) >= 11 is 0. The number of rotatable bonds is 4. The first-order chi connectivity index (χ1) is 10.2. The van der Waals surface area contributed by atoms with E-state index in [0.717, 1.165) is 13.0 Å². The van der Waals surface area contributed by atoms with Gasteiger partial charge in [0.25, 0.3) is 0 Å². The summed E-state index contributed by atoms with van der Waals surface area (Å²) in [6.45, 7) is 3.24. The van der Waals surface area contributed by atoms with Crippen molar-refractivity contribution in [2.45, 2.75) is 38.0 Å². The van der Waals surface area contributed by atoms with E-state index in [0.29, 0.717) is 0 Å². The van der Waals surface area contributed by atoms with Gasteiger partial charge in [-0.3, -0.25) is 0 Å². The molecule has 0 spiro atoms. The average molecular weight is 279 g/mol. The van der Waals surface area contributed by atoms with Crippen molar-refractivity contribution in [3.8, 4) is 0 Å². The Hall–Kier alpha value is -1.60. The molecule has 2 aromatic rings. The number of aryl methyl sites for hydroxylation is 2. The van der Waals surface area contributed by atoms with Crippen LogP contribution in [0.25, 0.3) is 0 Å². The SMILES string of the molecule is CNCC1(Cc2cccc(C)c2)CCCc2ccccc21. The normalized spacial score (nSPS) is 21.0. The second kappa shape index (κ2) is 6.03. The minimum Gasteiger partial charge on any atom is -0.319 e. The van der Waals surface area contributed by atoms with Crippen LogP contribution in [0.1, 0.15) is 35.1 Å². The van der Waals surface area contributed by atoms with E-state index in [2.05, 4.69) is 67.8 Å². The van der Waals surface area contributed by atoms with Crippen LogP contribution in [0.4, 0.5) is 0 Å². The van der Waals surface area contributed by atoms with Crippen LogP contribution in [0.3, 0.4) is 0 Å². The summed E-state index contributed by atoms with van der Waals surface area (Å²) in [5, 5.41) is 3.45. The molecule has 1 unspecified atom stereocenters. The van der Waals surface area contributed by atoms with Crippen molar-refractivity contribution in [3.05, 3.63) is 70.8 Å². The van der Waals surface area contributed by atoms with Gasteiger partial charge in [0.1, 0.15) is 0 Å². The number of hydrogen-bond donors (Lipinski definition) is 1. The molecule has 1 aliphatic carbocycles. The topological polar surface area (TPSA) is 12.0 Å². The largest absolute Gasteiger partial charge is 0.319 e. The molecule has 0 saturated heterocycles. The van der Waals surface area contributed by atoms with E-state index in [4.69, 9.17) is 0 Å². The molecule has 0 radical (unpaired) electrons. The van der Waals surface area contributed by atoms with Gasteiger partial charge in [-0.2, -0.15) is 0 Å².